The number of ketones is 2. The van der Waals surface area contributed by atoms with Gasteiger partial charge in [0, 0.05) is 70.7 Å². The zero-order chi connectivity index (χ0) is 58.0. The molecule has 0 fully saturated rings. The van der Waals surface area contributed by atoms with E-state index in [1.54, 1.807) is 75.9 Å². The Labute approximate surface area is 475 Å². The van der Waals surface area contributed by atoms with Crippen LogP contribution in [0.15, 0.2) is 84.9 Å². The fourth-order valence-corrected chi connectivity index (χ4v) is 9.44. The molecule has 2 atom stereocenters. The van der Waals surface area contributed by atoms with E-state index in [9.17, 15) is 46.8 Å². The van der Waals surface area contributed by atoms with Crippen molar-refractivity contribution in [2.75, 3.05) is 37.7 Å². The quantitative estimate of drug-likeness (QED) is 0.0324. The standard InChI is InChI=1S/C29H38N6O8S2.C23H25ClN2O2.C2H3N.O.Tc/c30-21(24(36)15-31-25(37)16-32-26(38)17-33-27(39)18-44)9-5-2-6-14-45(42,43)34-29(41)20-12-13-35-22(20)10-11-23(35)28(40)19-7-3-1-4-8-19;1-4-5-12-25-22(27)14-19-16(3)26(21-11-6-15(2)13-20(19)21)23(28)17-7-9-18(24)10-8-17;1-2-3;;/h1,3-4,7-8,10-11,20-21H,2,5-6,9,12-18,30H2,(H5,31,32,33,34,37,38,39,41,44);6-11,13H,4-5,12,14H2,1-3H3,(H,25,27);1H3;;/q;;;;+4/p-4/i;;;;1+1. The van der Waals surface area contributed by atoms with Crippen LogP contribution in [0.3, 0.4) is 0 Å². The summed E-state index contributed by atoms with van der Waals surface area (Å²) in [5, 5.41) is 22.1. The van der Waals surface area contributed by atoms with Crippen LogP contribution < -0.4 is 15.8 Å². The number of carbonyl (C=O) groups excluding carboxylic acids is 8. The molecule has 2 unspecified atom stereocenters. The third kappa shape index (κ3) is 20.3. The first-order valence-electron chi connectivity index (χ1n) is 24.7. The van der Waals surface area contributed by atoms with Crippen LogP contribution in [0.5, 0.6) is 0 Å². The third-order valence-corrected chi connectivity index (χ3v) is 13.8. The minimum atomic E-state index is -3.92. The number of nitrogens with two attached hydrogens (primary N) is 1. The van der Waals surface area contributed by atoms with Crippen molar-refractivity contribution in [1.29, 1.82) is 5.26 Å². The Hall–Kier alpha value is -6.67. The summed E-state index contributed by atoms with van der Waals surface area (Å²) in [7, 11) is -3.92. The van der Waals surface area contributed by atoms with Gasteiger partial charge in [-0.2, -0.15) is 5.26 Å². The molecule has 0 aliphatic carbocycles. The number of sulfonamides is 1. The predicted molar refractivity (Wildman–Crippen MR) is 293 cm³/mol. The Morgan fingerprint density at radius 3 is 2.10 bits per heavy atom. The van der Waals surface area contributed by atoms with E-state index in [2.05, 4.69) is 45.5 Å². The molecule has 3 aromatic carbocycles. The molecule has 6 rings (SSSR count). The van der Waals surface area contributed by atoms with Gasteiger partial charge in [-0.05, 0) is 93.6 Å². The molecule has 1 aliphatic heterocycles. The monoisotopic (exact) mass is 1210 g/mol. The second-order valence-corrected chi connectivity index (χ2v) is 20.2. The molecule has 5 aromatic rings. The summed E-state index contributed by atoms with van der Waals surface area (Å²) in [5.41, 5.74) is 11.6. The van der Waals surface area contributed by atoms with Crippen LogP contribution in [-0.2, 0) is 86.7 Å². The number of aromatic nitrogens is 2. The number of rotatable bonds is 24. The molecule has 2 aromatic heterocycles. The van der Waals surface area contributed by atoms with Gasteiger partial charge < -0.3 is 58.6 Å². The number of unbranched alkanes of at least 4 members (excludes halogenated alkanes) is 3. The Morgan fingerprint density at radius 2 is 1.47 bits per heavy atom. The number of nitriles is 1. The molecular weight excluding hydrogens is 1150 g/mol. The van der Waals surface area contributed by atoms with Crippen molar-refractivity contribution in [3.05, 3.63) is 145 Å². The van der Waals surface area contributed by atoms with Crippen molar-refractivity contribution >= 4 is 92.2 Å². The van der Waals surface area contributed by atoms with Gasteiger partial charge in [-0.15, -0.1) is 5.75 Å². The van der Waals surface area contributed by atoms with Crippen molar-refractivity contribution in [2.45, 2.75) is 97.6 Å². The number of nitrogens with zero attached hydrogens (tertiary/aromatic N) is 6. The molecule has 0 saturated carbocycles. The van der Waals surface area contributed by atoms with Crippen LogP contribution in [0.4, 0.5) is 0 Å². The molecule has 24 heteroatoms. The fraction of sp³-hybridized carbons (Fsp3) is 0.389. The Bertz CT molecular complexity index is 3050. The van der Waals surface area contributed by atoms with Gasteiger partial charge in [0.25, 0.3) is 5.91 Å². The average Bonchev–Trinajstić information content (AvgIpc) is 4.12. The van der Waals surface area contributed by atoms with E-state index in [0.717, 1.165) is 59.4 Å². The maximum atomic E-state index is 13.2. The van der Waals surface area contributed by atoms with Crippen molar-refractivity contribution in [3.63, 3.8) is 0 Å². The fourth-order valence-electron chi connectivity index (χ4n) is 8.09. The summed E-state index contributed by atoms with van der Waals surface area (Å²) >= 11 is 11.3. The van der Waals surface area contributed by atoms with Crippen LogP contribution in [0, 0.1) is 25.2 Å². The van der Waals surface area contributed by atoms with Crippen LogP contribution in [0.25, 0.3) is 26.9 Å². The molecule has 0 spiro atoms. The Morgan fingerprint density at radius 1 is 0.846 bits per heavy atom. The number of hydrogen-bond acceptors (Lipinski definition) is 14. The van der Waals surface area contributed by atoms with E-state index in [4.69, 9.17) is 26.1 Å². The van der Waals surface area contributed by atoms with Crippen molar-refractivity contribution < 1.29 is 69.1 Å². The molecule has 20 nitrogen and oxygen atoms in total. The number of amides is 5. The van der Waals surface area contributed by atoms with E-state index in [0.29, 0.717) is 59.9 Å². The molecular formula is C54H62ClN9O11S2Tc. The molecule has 3 heterocycles. The van der Waals surface area contributed by atoms with E-state index in [1.165, 1.54) is 6.92 Å². The second kappa shape index (κ2) is 33.6. The molecule has 415 valence electrons. The number of benzene rings is 3. The number of Topliss-reactive ketones (excluding diaryl/α,β-unsaturated/α-hetero) is 1. The van der Waals surface area contributed by atoms with Crippen molar-refractivity contribution in [1.82, 2.24) is 19.2 Å². The normalized spacial score (nSPS) is 12.5. The first-order chi connectivity index (χ1) is 37.2. The number of nitrogens with one attached hydrogen (secondary N) is 2. The number of fused-ring (bicyclic) bond motifs is 2. The maximum absolute atomic E-state index is 13.2. The Balaban J connectivity index is 0.000000413. The van der Waals surface area contributed by atoms with Gasteiger partial charge in [0.1, 0.15) is 5.78 Å². The summed E-state index contributed by atoms with van der Waals surface area (Å²) in [5.74, 6) is -4.96. The molecule has 4 N–H and O–H groups in total. The van der Waals surface area contributed by atoms with Crippen LogP contribution in [0.1, 0.15) is 114 Å². The second-order valence-electron chi connectivity index (χ2n) is 17.6. The van der Waals surface area contributed by atoms with E-state index in [-0.39, 0.29) is 48.4 Å². The van der Waals surface area contributed by atoms with Crippen molar-refractivity contribution in [3.8, 4) is 6.07 Å². The van der Waals surface area contributed by atoms with Crippen LogP contribution in [0.2, 0.25) is 5.02 Å². The van der Waals surface area contributed by atoms with Crippen LogP contribution in [-0.4, -0.2) is 108 Å². The molecule has 1 aliphatic rings. The Kier molecular flexibility index (Phi) is 28.2. The molecule has 78 heavy (non-hydrogen) atoms. The van der Waals surface area contributed by atoms with Gasteiger partial charge in [-0.1, -0.05) is 99.4 Å². The number of hydrogen-bond donors (Lipinski definition) is 3. The number of carbonyl (C=O) groups is 8. The number of halogens is 1. The van der Waals surface area contributed by atoms with Gasteiger partial charge in [-0.3, -0.25) is 33.3 Å². The van der Waals surface area contributed by atoms with Crippen LogP contribution >= 0.6 is 11.6 Å². The van der Waals surface area contributed by atoms with E-state index < -0.39 is 71.0 Å². The first kappa shape index (κ1) is 65.6. The first-order valence-corrected chi connectivity index (χ1v) is 28.1. The topological polar surface area (TPSA) is 314 Å². The minimum absolute atomic E-state index is 0.0175. The summed E-state index contributed by atoms with van der Waals surface area (Å²) in [6, 6.07) is 25.8. The zero-order valence-electron chi connectivity index (χ0n) is 43.7. The summed E-state index contributed by atoms with van der Waals surface area (Å²) in [6.45, 7) is 6.93. The average molecular weight is 1210 g/mol. The molecule has 0 radical (unpaired) electrons. The van der Waals surface area contributed by atoms with Gasteiger partial charge in [0.15, 0.2) is 0 Å². The molecule has 0 saturated heterocycles. The zero-order valence-corrected chi connectivity index (χ0v) is 47.9. The van der Waals surface area contributed by atoms with Gasteiger partial charge in [-0.25, -0.2) is 8.42 Å². The van der Waals surface area contributed by atoms with Gasteiger partial charge in [0.05, 0.1) is 41.4 Å². The summed E-state index contributed by atoms with van der Waals surface area (Å²) in [4.78, 5) is 97.7. The molecule has 0 bridgehead atoms. The number of aryl methyl sites for hydroxylation is 1. The summed E-state index contributed by atoms with van der Waals surface area (Å²) in [6.07, 6.45) is 3.93. The van der Waals surface area contributed by atoms with Crippen molar-refractivity contribution in [2.24, 2.45) is 5.73 Å². The van der Waals surface area contributed by atoms with Gasteiger partial charge in [0.2, 0.25) is 27.6 Å². The van der Waals surface area contributed by atoms with E-state index >= 15 is 0 Å². The van der Waals surface area contributed by atoms with Gasteiger partial charge >= 0.3 is 22.4 Å². The summed E-state index contributed by atoms with van der Waals surface area (Å²) < 4.78 is 39.0. The third-order valence-electron chi connectivity index (χ3n) is 12.0. The van der Waals surface area contributed by atoms with E-state index in [1.807, 2.05) is 38.1 Å². The predicted octanol–water partition coefficient (Wildman–Crippen LogP) is 6.82. The SMILES string of the molecule is CC#N.CCCCNC(=O)Cc1c(C)n(C(=O)c2ccc(Cl)cc2)c2ccc(C)cc12.NC(CCCCCS(=O)(=O)NC(=O)C1CCn2c(C(=O)c3ccccc3)ccc21)C(=O)C[N-]C(=O)C[N-]C(=O)C[N-]C(=O)C[S-].[O]=[99Tc+4]. The molecule has 5 amide bonds.